The van der Waals surface area contributed by atoms with E-state index in [4.69, 9.17) is 4.42 Å². The molecule has 114 valence electrons. The van der Waals surface area contributed by atoms with E-state index in [-0.39, 0.29) is 6.04 Å². The van der Waals surface area contributed by atoms with Crippen molar-refractivity contribution < 1.29 is 4.42 Å². The molecule has 1 N–H and O–H groups in total. The van der Waals surface area contributed by atoms with Gasteiger partial charge < -0.3 is 14.6 Å². The second-order valence-corrected chi connectivity index (χ2v) is 6.03. The van der Waals surface area contributed by atoms with E-state index < -0.39 is 0 Å². The number of fused-ring (bicyclic) bond motifs is 1. The highest BCUT2D eigenvalue weighted by molar-refractivity contribution is 5.77. The zero-order chi connectivity index (χ0) is 14.8. The van der Waals surface area contributed by atoms with E-state index >= 15 is 0 Å². The summed E-state index contributed by atoms with van der Waals surface area (Å²) in [6.45, 7) is 6.39. The molecule has 1 aliphatic rings. The molecule has 1 aromatic heterocycles. The zero-order valence-corrected chi connectivity index (χ0v) is 13.2. The number of hydrogen-bond donors (Lipinski definition) is 1. The third kappa shape index (κ3) is 2.98. The fourth-order valence-corrected chi connectivity index (χ4v) is 3.21. The Hall–Kier alpha value is -1.36. The summed E-state index contributed by atoms with van der Waals surface area (Å²) < 4.78 is 6.11. The molecule has 2 heterocycles. The first kappa shape index (κ1) is 14.6. The Morgan fingerprint density at radius 2 is 2.10 bits per heavy atom. The summed E-state index contributed by atoms with van der Waals surface area (Å²) in [4.78, 5) is 4.85. The van der Waals surface area contributed by atoms with Crippen molar-refractivity contribution in [2.24, 2.45) is 0 Å². The largest absolute Gasteiger partial charge is 0.459 e. The van der Waals surface area contributed by atoms with Crippen molar-refractivity contribution >= 4 is 11.0 Å². The van der Waals surface area contributed by atoms with Gasteiger partial charge in [0.2, 0.25) is 0 Å². The van der Waals surface area contributed by atoms with Crippen LogP contribution < -0.4 is 5.32 Å². The number of benzene rings is 1. The molecule has 21 heavy (non-hydrogen) atoms. The highest BCUT2D eigenvalue weighted by Crippen LogP contribution is 2.28. The summed E-state index contributed by atoms with van der Waals surface area (Å²) in [5.74, 6) is 1.05. The van der Waals surface area contributed by atoms with Crippen LogP contribution in [0.5, 0.6) is 0 Å². The Balaban J connectivity index is 1.92. The summed E-state index contributed by atoms with van der Waals surface area (Å²) >= 11 is 0. The molecule has 0 radical (unpaired) electrons. The summed E-state index contributed by atoms with van der Waals surface area (Å²) in [5, 5.41) is 4.80. The first-order valence-corrected chi connectivity index (χ1v) is 7.79. The number of likely N-dealkylation sites (N-methyl/N-ethyl adjacent to an activating group) is 3. The molecule has 1 fully saturated rings. The van der Waals surface area contributed by atoms with Gasteiger partial charge in [0.15, 0.2) is 0 Å². The third-order valence-corrected chi connectivity index (χ3v) is 4.46. The van der Waals surface area contributed by atoms with Gasteiger partial charge in [-0.3, -0.25) is 4.90 Å². The predicted molar refractivity (Wildman–Crippen MR) is 86.5 cm³/mol. The topological polar surface area (TPSA) is 31.7 Å². The molecule has 2 unspecified atom stereocenters. The number of piperazine rings is 1. The van der Waals surface area contributed by atoms with Crippen molar-refractivity contribution in [2.45, 2.75) is 19.0 Å². The monoisotopic (exact) mass is 287 g/mol. The van der Waals surface area contributed by atoms with E-state index in [0.29, 0.717) is 6.04 Å². The minimum atomic E-state index is 0.232. The summed E-state index contributed by atoms with van der Waals surface area (Å²) in [6.07, 6.45) is 0. The van der Waals surface area contributed by atoms with Gasteiger partial charge in [-0.25, -0.2) is 0 Å². The molecular formula is C17H25N3O. The number of nitrogens with zero attached hydrogens (tertiary/aromatic N) is 2. The fourth-order valence-electron chi connectivity index (χ4n) is 3.21. The molecule has 4 heteroatoms. The number of rotatable bonds is 4. The van der Waals surface area contributed by atoms with Gasteiger partial charge in [0, 0.05) is 31.1 Å². The van der Waals surface area contributed by atoms with Crippen LogP contribution in [0.15, 0.2) is 34.7 Å². The van der Waals surface area contributed by atoms with Crippen molar-refractivity contribution in [3.63, 3.8) is 0 Å². The standard InChI is InChI=1S/C17H25N3O/c1-4-18-17(14-12-19(2)9-10-20(14)3)16-11-13-7-5-6-8-15(13)21-16/h5-8,11,14,17-18H,4,9-10,12H2,1-3H3. The van der Waals surface area contributed by atoms with E-state index in [1.165, 1.54) is 5.39 Å². The molecule has 0 amide bonds. The van der Waals surface area contributed by atoms with Crippen LogP contribution in [0.1, 0.15) is 18.7 Å². The van der Waals surface area contributed by atoms with Crippen LogP contribution in [-0.2, 0) is 0 Å². The van der Waals surface area contributed by atoms with Gasteiger partial charge in [-0.05, 0) is 32.8 Å². The molecule has 0 aliphatic carbocycles. The van der Waals surface area contributed by atoms with Crippen molar-refractivity contribution in [1.29, 1.82) is 0 Å². The Morgan fingerprint density at radius 3 is 2.86 bits per heavy atom. The molecule has 1 aromatic carbocycles. The molecule has 2 atom stereocenters. The van der Waals surface area contributed by atoms with Crippen molar-refractivity contribution in [2.75, 3.05) is 40.3 Å². The van der Waals surface area contributed by atoms with E-state index in [2.05, 4.69) is 54.3 Å². The fraction of sp³-hybridized carbons (Fsp3) is 0.529. The van der Waals surface area contributed by atoms with Gasteiger partial charge in [-0.15, -0.1) is 0 Å². The molecular weight excluding hydrogens is 262 g/mol. The van der Waals surface area contributed by atoms with E-state index in [0.717, 1.165) is 37.5 Å². The Bertz CT molecular complexity index is 561. The first-order chi connectivity index (χ1) is 10.2. The van der Waals surface area contributed by atoms with Gasteiger partial charge in [-0.2, -0.15) is 0 Å². The number of nitrogens with one attached hydrogen (secondary N) is 1. The van der Waals surface area contributed by atoms with Crippen molar-refractivity contribution in [3.8, 4) is 0 Å². The van der Waals surface area contributed by atoms with Crippen LogP contribution in [0.25, 0.3) is 11.0 Å². The van der Waals surface area contributed by atoms with Crippen molar-refractivity contribution in [3.05, 3.63) is 36.1 Å². The lowest BCUT2D eigenvalue weighted by atomic mass is 10.0. The van der Waals surface area contributed by atoms with E-state index in [1.54, 1.807) is 0 Å². The number of hydrogen-bond acceptors (Lipinski definition) is 4. The Morgan fingerprint density at radius 1 is 1.29 bits per heavy atom. The van der Waals surface area contributed by atoms with Crippen LogP contribution in [0, 0.1) is 0 Å². The van der Waals surface area contributed by atoms with Crippen LogP contribution in [0.2, 0.25) is 0 Å². The SMILES string of the molecule is CCNC(c1cc2ccccc2o1)C1CN(C)CCN1C. The van der Waals surface area contributed by atoms with Gasteiger partial charge in [0.1, 0.15) is 11.3 Å². The summed E-state index contributed by atoms with van der Waals surface area (Å²) in [6, 6.07) is 11.1. The zero-order valence-electron chi connectivity index (χ0n) is 13.2. The molecule has 4 nitrogen and oxygen atoms in total. The minimum absolute atomic E-state index is 0.232. The number of para-hydroxylation sites is 1. The van der Waals surface area contributed by atoms with Gasteiger partial charge in [0.05, 0.1) is 6.04 Å². The smallest absolute Gasteiger partial charge is 0.134 e. The molecule has 1 aliphatic heterocycles. The second-order valence-electron chi connectivity index (χ2n) is 6.03. The quantitative estimate of drug-likeness (QED) is 0.935. The Labute approximate surface area is 126 Å². The van der Waals surface area contributed by atoms with E-state index in [9.17, 15) is 0 Å². The van der Waals surface area contributed by atoms with Gasteiger partial charge >= 0.3 is 0 Å². The lowest BCUT2D eigenvalue weighted by molar-refractivity contribution is 0.0825. The average Bonchev–Trinajstić information content (AvgIpc) is 2.91. The second kappa shape index (κ2) is 6.18. The highest BCUT2D eigenvalue weighted by atomic mass is 16.3. The van der Waals surface area contributed by atoms with Crippen LogP contribution in [-0.4, -0.2) is 56.1 Å². The minimum Gasteiger partial charge on any atom is -0.459 e. The predicted octanol–water partition coefficient (Wildman–Crippen LogP) is 2.33. The van der Waals surface area contributed by atoms with Crippen LogP contribution in [0.3, 0.4) is 0 Å². The maximum Gasteiger partial charge on any atom is 0.134 e. The lowest BCUT2D eigenvalue weighted by Crippen LogP contribution is -2.55. The third-order valence-electron chi connectivity index (χ3n) is 4.46. The Kier molecular flexibility index (Phi) is 4.29. The average molecular weight is 287 g/mol. The molecule has 0 bridgehead atoms. The van der Waals surface area contributed by atoms with Gasteiger partial charge in [-0.1, -0.05) is 25.1 Å². The number of furan rings is 1. The lowest BCUT2D eigenvalue weighted by Gasteiger charge is -2.41. The molecule has 2 aromatic rings. The summed E-state index contributed by atoms with van der Waals surface area (Å²) in [5.41, 5.74) is 0.974. The maximum atomic E-state index is 6.11. The highest BCUT2D eigenvalue weighted by Gasteiger charge is 2.32. The molecule has 1 saturated heterocycles. The van der Waals surface area contributed by atoms with Crippen LogP contribution in [0.4, 0.5) is 0 Å². The molecule has 0 spiro atoms. The van der Waals surface area contributed by atoms with E-state index in [1.807, 2.05) is 12.1 Å². The first-order valence-electron chi connectivity index (χ1n) is 7.79. The van der Waals surface area contributed by atoms with Gasteiger partial charge in [0.25, 0.3) is 0 Å². The maximum absolute atomic E-state index is 6.11. The van der Waals surface area contributed by atoms with Crippen molar-refractivity contribution in [1.82, 2.24) is 15.1 Å². The molecule has 3 rings (SSSR count). The van der Waals surface area contributed by atoms with Crippen LogP contribution >= 0.6 is 0 Å². The normalized spacial score (nSPS) is 22.7. The summed E-state index contributed by atoms with van der Waals surface area (Å²) in [7, 11) is 4.41. The molecule has 0 saturated carbocycles.